The first-order valence-electron chi connectivity index (χ1n) is 11.2. The molecule has 3 aromatic carbocycles. The van der Waals surface area contributed by atoms with Crippen LogP contribution in [0.1, 0.15) is 38.8 Å². The van der Waals surface area contributed by atoms with Gasteiger partial charge in [0, 0.05) is 22.7 Å². The average molecular weight is 486 g/mol. The summed E-state index contributed by atoms with van der Waals surface area (Å²) < 4.78 is 5.64. The van der Waals surface area contributed by atoms with Crippen LogP contribution in [0.15, 0.2) is 79.4 Å². The lowest BCUT2D eigenvalue weighted by molar-refractivity contribution is 0.0730. The van der Waals surface area contributed by atoms with Crippen molar-refractivity contribution in [2.24, 2.45) is 0 Å². The molecule has 2 heterocycles. The van der Waals surface area contributed by atoms with Gasteiger partial charge in [-0.15, -0.1) is 0 Å². The maximum absolute atomic E-state index is 13.6. The van der Waals surface area contributed by atoms with Crippen LogP contribution in [0, 0.1) is 6.92 Å². The number of aromatic amines is 1. The van der Waals surface area contributed by atoms with Crippen LogP contribution in [0.2, 0.25) is 5.02 Å². The van der Waals surface area contributed by atoms with Gasteiger partial charge in [-0.05, 0) is 48.4 Å². The van der Waals surface area contributed by atoms with E-state index in [4.69, 9.17) is 16.3 Å². The van der Waals surface area contributed by atoms with E-state index < -0.39 is 6.04 Å². The summed E-state index contributed by atoms with van der Waals surface area (Å²) in [6, 6.07) is 20.2. The van der Waals surface area contributed by atoms with Crippen molar-refractivity contribution in [2.45, 2.75) is 19.5 Å². The van der Waals surface area contributed by atoms with Gasteiger partial charge in [-0.2, -0.15) is 5.10 Å². The molecule has 0 saturated heterocycles. The normalized spacial score (nSPS) is 14.7. The molecular formula is C28H24ClN3O3. The molecule has 35 heavy (non-hydrogen) atoms. The summed E-state index contributed by atoms with van der Waals surface area (Å²) in [5, 5.41) is 18.4. The third kappa shape index (κ3) is 4.29. The van der Waals surface area contributed by atoms with Gasteiger partial charge in [0.25, 0.3) is 5.91 Å². The zero-order valence-electron chi connectivity index (χ0n) is 19.2. The summed E-state index contributed by atoms with van der Waals surface area (Å²) in [6.45, 7) is 6.54. The van der Waals surface area contributed by atoms with Crippen molar-refractivity contribution in [2.75, 3.05) is 6.61 Å². The van der Waals surface area contributed by atoms with Gasteiger partial charge >= 0.3 is 0 Å². The molecule has 6 nitrogen and oxygen atoms in total. The number of ether oxygens (including phenoxy) is 1. The number of H-pyrrole nitrogens is 1. The predicted molar refractivity (Wildman–Crippen MR) is 136 cm³/mol. The van der Waals surface area contributed by atoms with Crippen LogP contribution in [0.25, 0.3) is 11.3 Å². The summed E-state index contributed by atoms with van der Waals surface area (Å²) >= 11 is 6.23. The topological polar surface area (TPSA) is 78.5 Å². The lowest BCUT2D eigenvalue weighted by Gasteiger charge is -2.27. The first-order valence-corrected chi connectivity index (χ1v) is 11.6. The highest BCUT2D eigenvalue weighted by molar-refractivity contribution is 6.31. The summed E-state index contributed by atoms with van der Waals surface area (Å²) in [6.07, 6.45) is 1.69. The molecule has 176 valence electrons. The molecule has 1 unspecified atom stereocenters. The molecule has 0 aliphatic carbocycles. The maximum Gasteiger partial charge on any atom is 0.273 e. The Morgan fingerprint density at radius 1 is 1.14 bits per heavy atom. The van der Waals surface area contributed by atoms with Crippen molar-refractivity contribution in [3.63, 3.8) is 0 Å². The monoisotopic (exact) mass is 485 g/mol. The number of phenols is 1. The number of aromatic hydroxyl groups is 1. The van der Waals surface area contributed by atoms with Crippen molar-refractivity contribution in [3.05, 3.63) is 112 Å². The number of hydrogen-bond acceptors (Lipinski definition) is 4. The van der Waals surface area contributed by atoms with Gasteiger partial charge in [-0.1, -0.05) is 66.2 Å². The van der Waals surface area contributed by atoms with Crippen LogP contribution in [0.3, 0.4) is 0 Å². The van der Waals surface area contributed by atoms with Gasteiger partial charge in [0.2, 0.25) is 0 Å². The van der Waals surface area contributed by atoms with Crippen LogP contribution in [0.5, 0.6) is 11.5 Å². The number of aryl methyl sites for hydroxylation is 1. The SMILES string of the molecule is C=CCOc1ccc(C2c3c(-c4cc(Cl)ccc4O)n[nH]c3C(=O)N2Cc2ccc(C)cc2)cc1. The number of fused-ring (bicyclic) bond motifs is 1. The van der Waals surface area contributed by atoms with Gasteiger partial charge in [-0.25, -0.2) is 0 Å². The minimum Gasteiger partial charge on any atom is -0.507 e. The fraction of sp³-hybridized carbons (Fsp3) is 0.143. The molecule has 2 N–H and O–H groups in total. The highest BCUT2D eigenvalue weighted by Gasteiger charge is 2.42. The van der Waals surface area contributed by atoms with Crippen molar-refractivity contribution in [1.82, 2.24) is 15.1 Å². The number of rotatable bonds is 7. The highest BCUT2D eigenvalue weighted by atomic mass is 35.5. The Hall–Kier alpha value is -4.03. The fourth-order valence-corrected chi connectivity index (χ4v) is 4.57. The van der Waals surface area contributed by atoms with Gasteiger partial charge in [0.05, 0.1) is 6.04 Å². The van der Waals surface area contributed by atoms with E-state index in [-0.39, 0.29) is 11.7 Å². The maximum atomic E-state index is 13.6. The van der Waals surface area contributed by atoms with Crippen molar-refractivity contribution in [1.29, 1.82) is 0 Å². The Balaban J connectivity index is 1.61. The molecule has 0 radical (unpaired) electrons. The quantitative estimate of drug-likeness (QED) is 0.312. The van der Waals surface area contributed by atoms with E-state index in [1.165, 1.54) is 6.07 Å². The summed E-state index contributed by atoms with van der Waals surface area (Å²) in [5.74, 6) is 0.598. The highest BCUT2D eigenvalue weighted by Crippen LogP contribution is 2.45. The molecule has 1 aromatic heterocycles. The van der Waals surface area contributed by atoms with Crippen LogP contribution in [0.4, 0.5) is 0 Å². The first kappa shape index (κ1) is 22.7. The zero-order chi connectivity index (χ0) is 24.5. The molecular weight excluding hydrogens is 462 g/mol. The van der Waals surface area contributed by atoms with Gasteiger partial charge in [0.15, 0.2) is 0 Å². The van der Waals surface area contributed by atoms with Gasteiger partial charge < -0.3 is 14.7 Å². The van der Waals surface area contributed by atoms with Gasteiger partial charge in [0.1, 0.15) is 29.5 Å². The Morgan fingerprint density at radius 3 is 2.60 bits per heavy atom. The molecule has 0 bridgehead atoms. The Labute approximate surface area is 208 Å². The molecule has 0 fully saturated rings. The molecule has 5 rings (SSSR count). The number of nitrogens with zero attached hydrogens (tertiary/aromatic N) is 2. The smallest absolute Gasteiger partial charge is 0.273 e. The predicted octanol–water partition coefficient (Wildman–Crippen LogP) is 6.05. The largest absolute Gasteiger partial charge is 0.507 e. The second-order valence-electron chi connectivity index (χ2n) is 8.51. The first-order chi connectivity index (χ1) is 17.0. The fourth-order valence-electron chi connectivity index (χ4n) is 4.40. The molecule has 7 heteroatoms. The molecule has 0 saturated carbocycles. The number of hydrogen-bond donors (Lipinski definition) is 2. The number of carbonyl (C=O) groups excluding carboxylic acids is 1. The van der Waals surface area contributed by atoms with Gasteiger partial charge in [-0.3, -0.25) is 9.89 Å². The van der Waals surface area contributed by atoms with E-state index in [0.29, 0.717) is 46.4 Å². The lowest BCUT2D eigenvalue weighted by atomic mass is 9.95. The summed E-state index contributed by atoms with van der Waals surface area (Å²) in [7, 11) is 0. The van der Waals surface area contributed by atoms with Crippen molar-refractivity contribution in [3.8, 4) is 22.8 Å². The molecule has 1 aliphatic heterocycles. The van der Waals surface area contributed by atoms with E-state index in [2.05, 4.69) is 16.8 Å². The number of phenolic OH excluding ortho intramolecular Hbond substituents is 1. The lowest BCUT2D eigenvalue weighted by Crippen LogP contribution is -2.29. The number of carbonyl (C=O) groups is 1. The number of amides is 1. The number of benzene rings is 3. The van der Waals surface area contributed by atoms with E-state index in [0.717, 1.165) is 16.7 Å². The standard InChI is InChI=1S/C28H24ClN3O3/c1-3-14-35-21-11-8-19(9-12-21)27-24-25(22-15-20(29)10-13-23(22)33)30-31-26(24)28(34)32(27)16-18-6-4-17(2)5-7-18/h3-13,15,27,33H,1,14,16H2,2H3,(H,30,31). The van der Waals surface area contributed by atoms with E-state index >= 15 is 0 Å². The number of halogens is 1. The average Bonchev–Trinajstić information content (AvgIpc) is 3.40. The second-order valence-corrected chi connectivity index (χ2v) is 8.95. The molecule has 1 atom stereocenters. The third-order valence-electron chi connectivity index (χ3n) is 6.11. The molecule has 4 aromatic rings. The Morgan fingerprint density at radius 2 is 1.89 bits per heavy atom. The van der Waals surface area contributed by atoms with E-state index in [1.54, 1.807) is 18.2 Å². The number of aromatic nitrogens is 2. The second kappa shape index (κ2) is 9.31. The van der Waals surface area contributed by atoms with Crippen molar-refractivity contribution < 1.29 is 14.6 Å². The molecule has 1 amide bonds. The summed E-state index contributed by atoms with van der Waals surface area (Å²) in [4.78, 5) is 15.4. The van der Waals surface area contributed by atoms with E-state index in [1.807, 2.05) is 60.4 Å². The minimum atomic E-state index is -0.417. The summed E-state index contributed by atoms with van der Waals surface area (Å²) in [5.41, 5.74) is 5.15. The number of nitrogens with one attached hydrogen (secondary N) is 1. The third-order valence-corrected chi connectivity index (χ3v) is 6.35. The van der Waals surface area contributed by atoms with E-state index in [9.17, 15) is 9.90 Å². The van der Waals surface area contributed by atoms with Crippen LogP contribution >= 0.6 is 11.6 Å². The van der Waals surface area contributed by atoms with Crippen LogP contribution < -0.4 is 4.74 Å². The van der Waals surface area contributed by atoms with Crippen molar-refractivity contribution >= 4 is 17.5 Å². The van der Waals surface area contributed by atoms with Crippen LogP contribution in [-0.4, -0.2) is 32.7 Å². The Bertz CT molecular complexity index is 1390. The molecule has 1 aliphatic rings. The zero-order valence-corrected chi connectivity index (χ0v) is 19.9. The minimum absolute atomic E-state index is 0.0417. The Kier molecular flexibility index (Phi) is 6.05. The molecule has 0 spiro atoms. The van der Waals surface area contributed by atoms with Crippen LogP contribution in [-0.2, 0) is 6.54 Å².